The molecule has 0 radical (unpaired) electrons. The molecule has 2 rings (SSSR count). The topological polar surface area (TPSA) is 29.3 Å². The molecule has 1 unspecified atom stereocenters. The molecule has 0 aromatic heterocycles. The number of hydrogen-bond donors (Lipinski definition) is 1. The number of halogens is 2. The third-order valence-corrected chi connectivity index (χ3v) is 5.38. The first-order chi connectivity index (χ1) is 8.93. The van der Waals surface area contributed by atoms with Gasteiger partial charge in [-0.05, 0) is 65.0 Å². The van der Waals surface area contributed by atoms with Crippen LogP contribution in [0.5, 0.6) is 0 Å². The molecule has 1 atom stereocenters. The monoisotopic (exact) mass is 344 g/mol. The van der Waals surface area contributed by atoms with E-state index in [1.807, 2.05) is 12.1 Å². The Morgan fingerprint density at radius 3 is 2.53 bits per heavy atom. The predicted molar refractivity (Wildman–Crippen MR) is 85.5 cm³/mol. The van der Waals surface area contributed by atoms with Crippen molar-refractivity contribution in [3.8, 4) is 0 Å². The van der Waals surface area contributed by atoms with E-state index in [9.17, 15) is 0 Å². The molecule has 19 heavy (non-hydrogen) atoms. The minimum absolute atomic E-state index is 0.279. The molecule has 2 N–H and O–H groups in total. The predicted octanol–water partition coefficient (Wildman–Crippen LogP) is 4.22. The molecule has 0 aliphatic carbocycles. The van der Waals surface area contributed by atoms with E-state index in [1.54, 1.807) is 0 Å². The Morgan fingerprint density at radius 1 is 1.37 bits per heavy atom. The molecule has 0 spiro atoms. The van der Waals surface area contributed by atoms with Crippen LogP contribution in [0.2, 0.25) is 5.02 Å². The fourth-order valence-electron chi connectivity index (χ4n) is 2.66. The molecule has 106 valence electrons. The van der Waals surface area contributed by atoms with Crippen LogP contribution in [0.4, 0.5) is 0 Å². The van der Waals surface area contributed by atoms with Crippen molar-refractivity contribution >= 4 is 27.5 Å². The quantitative estimate of drug-likeness (QED) is 0.888. The highest BCUT2D eigenvalue weighted by Gasteiger charge is 2.29. The summed E-state index contributed by atoms with van der Waals surface area (Å²) in [4.78, 5) is 2.49. The summed E-state index contributed by atoms with van der Waals surface area (Å²) in [6, 6.07) is 6.44. The second-order valence-corrected chi connectivity index (χ2v) is 7.39. The van der Waals surface area contributed by atoms with Gasteiger partial charge in [0.05, 0.1) is 5.02 Å². The van der Waals surface area contributed by atoms with Gasteiger partial charge in [-0.15, -0.1) is 0 Å². The molecule has 1 aromatic carbocycles. The summed E-state index contributed by atoms with van der Waals surface area (Å²) in [5, 5.41) is 0.758. The zero-order valence-electron chi connectivity index (χ0n) is 11.6. The van der Waals surface area contributed by atoms with Crippen molar-refractivity contribution in [3.63, 3.8) is 0 Å². The Kier molecular flexibility index (Phi) is 4.93. The average molecular weight is 346 g/mol. The van der Waals surface area contributed by atoms with Crippen LogP contribution >= 0.6 is 27.5 Å². The third-order valence-electron chi connectivity index (χ3n) is 4.14. The summed E-state index contributed by atoms with van der Waals surface area (Å²) < 4.78 is 0.938. The maximum Gasteiger partial charge on any atom is 0.0551 e. The lowest BCUT2D eigenvalue weighted by molar-refractivity contribution is 0.0964. The Bertz CT molecular complexity index is 438. The van der Waals surface area contributed by atoms with Gasteiger partial charge in [-0.2, -0.15) is 0 Å². The molecular formula is C15H22BrClN2. The molecule has 1 heterocycles. The lowest BCUT2D eigenvalue weighted by Gasteiger charge is -2.41. The summed E-state index contributed by atoms with van der Waals surface area (Å²) in [5.41, 5.74) is 7.68. The summed E-state index contributed by atoms with van der Waals surface area (Å²) in [5.74, 6) is 0. The average Bonchev–Trinajstić information content (AvgIpc) is 2.36. The third kappa shape index (κ3) is 3.72. The van der Waals surface area contributed by atoms with E-state index < -0.39 is 0 Å². The van der Waals surface area contributed by atoms with Crippen LogP contribution in [0.15, 0.2) is 22.7 Å². The number of hydrogen-bond acceptors (Lipinski definition) is 2. The maximum atomic E-state index is 6.19. The number of benzene rings is 1. The smallest absolute Gasteiger partial charge is 0.0551 e. The lowest BCUT2D eigenvalue weighted by Crippen LogP contribution is -2.42. The molecule has 1 aromatic rings. The fourth-order valence-corrected chi connectivity index (χ4v) is 3.09. The largest absolute Gasteiger partial charge is 0.329 e. The number of piperidine rings is 1. The van der Waals surface area contributed by atoms with Gasteiger partial charge in [0.25, 0.3) is 0 Å². The van der Waals surface area contributed by atoms with Crippen molar-refractivity contribution in [2.45, 2.75) is 32.7 Å². The van der Waals surface area contributed by atoms with Crippen LogP contribution in [0.25, 0.3) is 0 Å². The minimum Gasteiger partial charge on any atom is -0.329 e. The number of rotatable bonds is 3. The molecular weight excluding hydrogens is 324 g/mol. The minimum atomic E-state index is 0.279. The second kappa shape index (κ2) is 6.13. The SMILES string of the molecule is CC1(C)CCN(C(CN)c2ccc(Br)c(Cl)c2)CC1. The van der Waals surface area contributed by atoms with E-state index >= 15 is 0 Å². The number of nitrogens with two attached hydrogens (primary N) is 1. The van der Waals surface area contributed by atoms with E-state index in [0.717, 1.165) is 22.6 Å². The second-order valence-electron chi connectivity index (χ2n) is 6.13. The van der Waals surface area contributed by atoms with Gasteiger partial charge in [0.15, 0.2) is 0 Å². The van der Waals surface area contributed by atoms with Crippen molar-refractivity contribution in [1.82, 2.24) is 4.90 Å². The van der Waals surface area contributed by atoms with Gasteiger partial charge in [-0.25, -0.2) is 0 Å². The Balaban J connectivity index is 2.14. The van der Waals surface area contributed by atoms with Crippen molar-refractivity contribution in [2.24, 2.45) is 11.1 Å². The number of nitrogens with zero attached hydrogens (tertiary/aromatic N) is 1. The molecule has 1 fully saturated rings. The van der Waals surface area contributed by atoms with Crippen LogP contribution in [0.3, 0.4) is 0 Å². The molecule has 0 bridgehead atoms. The molecule has 1 aliphatic rings. The van der Waals surface area contributed by atoms with Crippen molar-refractivity contribution in [3.05, 3.63) is 33.3 Å². The zero-order chi connectivity index (χ0) is 14.0. The van der Waals surface area contributed by atoms with Crippen molar-refractivity contribution < 1.29 is 0 Å². The normalized spacial score (nSPS) is 21.3. The number of likely N-dealkylation sites (tertiary alicyclic amines) is 1. The van der Waals surface area contributed by atoms with Gasteiger partial charge in [-0.3, -0.25) is 4.90 Å². The lowest BCUT2D eigenvalue weighted by atomic mass is 9.82. The van der Waals surface area contributed by atoms with Gasteiger partial charge in [0.1, 0.15) is 0 Å². The molecule has 1 saturated heterocycles. The first-order valence-electron chi connectivity index (χ1n) is 6.82. The van der Waals surface area contributed by atoms with Gasteiger partial charge >= 0.3 is 0 Å². The van der Waals surface area contributed by atoms with Crippen molar-refractivity contribution in [1.29, 1.82) is 0 Å². The van der Waals surface area contributed by atoms with Crippen LogP contribution < -0.4 is 5.73 Å². The zero-order valence-corrected chi connectivity index (χ0v) is 14.0. The van der Waals surface area contributed by atoms with Crippen LogP contribution in [-0.2, 0) is 0 Å². The van der Waals surface area contributed by atoms with Crippen LogP contribution in [0, 0.1) is 5.41 Å². The van der Waals surface area contributed by atoms with Crippen LogP contribution in [0.1, 0.15) is 38.3 Å². The standard InChI is InChI=1S/C15H22BrClN2/c1-15(2)5-7-19(8-6-15)14(10-18)11-3-4-12(16)13(17)9-11/h3-4,9,14H,5-8,10,18H2,1-2H3. The molecule has 4 heteroatoms. The van der Waals surface area contributed by atoms with Crippen LogP contribution in [-0.4, -0.2) is 24.5 Å². The summed E-state index contributed by atoms with van der Waals surface area (Å²) in [6.45, 7) is 7.56. The maximum absolute atomic E-state index is 6.19. The Morgan fingerprint density at radius 2 is 2.00 bits per heavy atom. The first kappa shape index (κ1) is 15.3. The van der Waals surface area contributed by atoms with E-state index in [1.165, 1.54) is 18.4 Å². The molecule has 1 aliphatic heterocycles. The van der Waals surface area contributed by atoms with E-state index in [0.29, 0.717) is 12.0 Å². The van der Waals surface area contributed by atoms with Gasteiger partial charge in [-0.1, -0.05) is 31.5 Å². The van der Waals surface area contributed by atoms with Crippen molar-refractivity contribution in [2.75, 3.05) is 19.6 Å². The van der Waals surface area contributed by atoms with E-state index in [4.69, 9.17) is 17.3 Å². The molecule has 0 saturated carbocycles. The Hall–Kier alpha value is -0.0900. The highest BCUT2D eigenvalue weighted by atomic mass is 79.9. The fraction of sp³-hybridized carbons (Fsp3) is 0.600. The highest BCUT2D eigenvalue weighted by molar-refractivity contribution is 9.10. The highest BCUT2D eigenvalue weighted by Crippen LogP contribution is 2.34. The van der Waals surface area contributed by atoms with Gasteiger partial charge in [0, 0.05) is 17.1 Å². The Labute approximate surface area is 129 Å². The van der Waals surface area contributed by atoms with Gasteiger partial charge in [0.2, 0.25) is 0 Å². The summed E-state index contributed by atoms with van der Waals surface area (Å²) >= 11 is 9.63. The van der Waals surface area contributed by atoms with E-state index in [-0.39, 0.29) is 6.04 Å². The molecule has 2 nitrogen and oxygen atoms in total. The molecule has 0 amide bonds. The van der Waals surface area contributed by atoms with Gasteiger partial charge < -0.3 is 5.73 Å². The summed E-state index contributed by atoms with van der Waals surface area (Å²) in [7, 11) is 0. The van der Waals surface area contributed by atoms with E-state index in [2.05, 4.69) is 40.7 Å². The summed E-state index contributed by atoms with van der Waals surface area (Å²) in [6.07, 6.45) is 2.46. The first-order valence-corrected chi connectivity index (χ1v) is 7.99.